The van der Waals surface area contributed by atoms with Gasteiger partial charge in [-0.3, -0.25) is 4.79 Å². The van der Waals surface area contributed by atoms with Gasteiger partial charge in [-0.2, -0.15) is 0 Å². The monoisotopic (exact) mass is 410 g/mol. The number of rotatable bonds is 4. The molecule has 1 saturated carbocycles. The number of carbonyl (C=O) groups excluding carboxylic acids is 1. The molecule has 0 radical (unpaired) electrons. The molecular formula is C22H26N4O4. The number of piperazine rings is 1. The van der Waals surface area contributed by atoms with Crippen LogP contribution in [0, 0.1) is 0 Å². The first-order valence-corrected chi connectivity index (χ1v) is 10.7. The highest BCUT2D eigenvalue weighted by atomic mass is 16.7. The molecular weight excluding hydrogens is 384 g/mol. The molecule has 1 saturated heterocycles. The lowest BCUT2D eigenvalue weighted by atomic mass is 9.98. The summed E-state index contributed by atoms with van der Waals surface area (Å²) in [7, 11) is 0. The van der Waals surface area contributed by atoms with E-state index in [2.05, 4.69) is 15.1 Å². The minimum atomic E-state index is 0.00950. The molecule has 2 aliphatic heterocycles. The molecule has 1 aliphatic carbocycles. The second-order valence-electron chi connectivity index (χ2n) is 7.95. The van der Waals surface area contributed by atoms with Crippen molar-refractivity contribution in [1.29, 1.82) is 0 Å². The molecule has 3 aliphatic rings. The zero-order chi connectivity index (χ0) is 20.3. The van der Waals surface area contributed by atoms with E-state index in [1.165, 1.54) is 19.3 Å². The van der Waals surface area contributed by atoms with Crippen molar-refractivity contribution in [2.45, 2.75) is 38.2 Å². The standard InChI is InChI=1S/C22H26N4O4/c27-22(16-6-7-18-19(14-16)29-15-28-18)26-12-10-25(11-13-26)20-8-9-21(24-23-20)30-17-4-2-1-3-5-17/h6-9,14,17H,1-5,10-13,15H2. The van der Waals surface area contributed by atoms with Gasteiger partial charge in [0.25, 0.3) is 5.91 Å². The molecule has 2 fully saturated rings. The lowest BCUT2D eigenvalue weighted by molar-refractivity contribution is 0.0746. The van der Waals surface area contributed by atoms with Crippen molar-refractivity contribution < 1.29 is 19.0 Å². The van der Waals surface area contributed by atoms with E-state index in [4.69, 9.17) is 14.2 Å². The van der Waals surface area contributed by atoms with Crippen LogP contribution in [0.15, 0.2) is 30.3 Å². The summed E-state index contributed by atoms with van der Waals surface area (Å²) >= 11 is 0. The van der Waals surface area contributed by atoms with Crippen molar-refractivity contribution >= 4 is 11.7 Å². The topological polar surface area (TPSA) is 77.0 Å². The van der Waals surface area contributed by atoms with E-state index in [0.717, 1.165) is 18.7 Å². The number of ether oxygens (including phenoxy) is 3. The Labute approximate surface area is 175 Å². The Kier molecular flexibility index (Phi) is 5.29. The molecule has 0 N–H and O–H groups in total. The molecule has 0 unspecified atom stereocenters. The maximum Gasteiger partial charge on any atom is 0.254 e. The van der Waals surface area contributed by atoms with E-state index in [1.807, 2.05) is 17.0 Å². The molecule has 2 aromatic rings. The summed E-state index contributed by atoms with van der Waals surface area (Å²) in [6.45, 7) is 2.91. The van der Waals surface area contributed by atoms with Crippen molar-refractivity contribution in [2.24, 2.45) is 0 Å². The number of nitrogens with zero attached hydrogens (tertiary/aromatic N) is 4. The van der Waals surface area contributed by atoms with E-state index in [0.29, 0.717) is 49.1 Å². The number of benzene rings is 1. The summed E-state index contributed by atoms with van der Waals surface area (Å²) in [4.78, 5) is 16.9. The summed E-state index contributed by atoms with van der Waals surface area (Å²) < 4.78 is 16.7. The second kappa shape index (κ2) is 8.38. The number of amides is 1. The van der Waals surface area contributed by atoms with Crippen LogP contribution in [0.25, 0.3) is 0 Å². The number of hydrogen-bond donors (Lipinski definition) is 0. The fourth-order valence-corrected chi connectivity index (χ4v) is 4.25. The van der Waals surface area contributed by atoms with Gasteiger partial charge in [-0.25, -0.2) is 0 Å². The number of aromatic nitrogens is 2. The fourth-order valence-electron chi connectivity index (χ4n) is 4.25. The fraction of sp³-hybridized carbons (Fsp3) is 0.500. The number of hydrogen-bond acceptors (Lipinski definition) is 7. The highest BCUT2D eigenvalue weighted by molar-refractivity contribution is 5.95. The van der Waals surface area contributed by atoms with Crippen molar-refractivity contribution in [3.63, 3.8) is 0 Å². The Balaban J connectivity index is 1.16. The van der Waals surface area contributed by atoms with Crippen molar-refractivity contribution in [3.05, 3.63) is 35.9 Å². The molecule has 3 heterocycles. The largest absolute Gasteiger partial charge is 0.473 e. The van der Waals surface area contributed by atoms with E-state index >= 15 is 0 Å². The van der Waals surface area contributed by atoms with Crippen LogP contribution in [0.4, 0.5) is 5.82 Å². The average molecular weight is 410 g/mol. The summed E-state index contributed by atoms with van der Waals surface area (Å²) in [6.07, 6.45) is 6.22. The Morgan fingerprint density at radius 3 is 2.50 bits per heavy atom. The molecule has 8 heteroatoms. The lowest BCUT2D eigenvalue weighted by Crippen LogP contribution is -2.49. The van der Waals surface area contributed by atoms with Crippen LogP contribution < -0.4 is 19.1 Å². The van der Waals surface area contributed by atoms with E-state index < -0.39 is 0 Å². The molecule has 0 spiro atoms. The zero-order valence-corrected chi connectivity index (χ0v) is 17.0. The smallest absolute Gasteiger partial charge is 0.254 e. The minimum absolute atomic E-state index is 0.00950. The maximum atomic E-state index is 12.8. The van der Waals surface area contributed by atoms with Gasteiger partial charge in [-0.1, -0.05) is 6.42 Å². The average Bonchev–Trinajstić information content (AvgIpc) is 3.28. The predicted octanol–water partition coefficient (Wildman–Crippen LogP) is 2.88. The van der Waals surface area contributed by atoms with Gasteiger partial charge in [0.2, 0.25) is 12.7 Å². The molecule has 30 heavy (non-hydrogen) atoms. The normalized spacial score (nSPS) is 19.1. The Bertz CT molecular complexity index is 891. The zero-order valence-electron chi connectivity index (χ0n) is 17.0. The third-order valence-electron chi connectivity index (χ3n) is 5.98. The number of anilines is 1. The summed E-state index contributed by atoms with van der Waals surface area (Å²) in [5.74, 6) is 2.75. The van der Waals surface area contributed by atoms with Crippen LogP contribution >= 0.6 is 0 Å². The quantitative estimate of drug-likeness (QED) is 0.767. The summed E-state index contributed by atoms with van der Waals surface area (Å²) in [5, 5.41) is 8.62. The lowest BCUT2D eigenvalue weighted by Gasteiger charge is -2.35. The van der Waals surface area contributed by atoms with Gasteiger partial charge in [0.05, 0.1) is 0 Å². The van der Waals surface area contributed by atoms with Gasteiger partial charge in [0.1, 0.15) is 6.10 Å². The molecule has 0 atom stereocenters. The Morgan fingerprint density at radius 1 is 0.933 bits per heavy atom. The van der Waals surface area contributed by atoms with Crippen LogP contribution in [0.5, 0.6) is 17.4 Å². The SMILES string of the molecule is O=C(c1ccc2c(c1)OCO2)N1CCN(c2ccc(OC3CCCCC3)nn2)CC1. The summed E-state index contributed by atoms with van der Waals surface area (Å²) in [6, 6.07) is 9.20. The van der Waals surface area contributed by atoms with Crippen LogP contribution in [0.1, 0.15) is 42.5 Å². The molecule has 1 amide bonds. The van der Waals surface area contributed by atoms with E-state index in [9.17, 15) is 4.79 Å². The van der Waals surface area contributed by atoms with Crippen molar-refractivity contribution in [3.8, 4) is 17.4 Å². The third-order valence-corrected chi connectivity index (χ3v) is 5.98. The molecule has 5 rings (SSSR count). The third kappa shape index (κ3) is 3.99. The number of fused-ring (bicyclic) bond motifs is 1. The van der Waals surface area contributed by atoms with Crippen molar-refractivity contribution in [1.82, 2.24) is 15.1 Å². The van der Waals surface area contributed by atoms with Crippen LogP contribution in [0.2, 0.25) is 0 Å². The highest BCUT2D eigenvalue weighted by Gasteiger charge is 2.25. The minimum Gasteiger partial charge on any atom is -0.473 e. The first-order valence-electron chi connectivity index (χ1n) is 10.7. The molecule has 0 bridgehead atoms. The van der Waals surface area contributed by atoms with Gasteiger partial charge in [0.15, 0.2) is 17.3 Å². The van der Waals surface area contributed by atoms with Gasteiger partial charge in [0, 0.05) is 37.8 Å². The van der Waals surface area contributed by atoms with Gasteiger partial charge in [-0.05, 0) is 49.9 Å². The van der Waals surface area contributed by atoms with E-state index in [1.54, 1.807) is 18.2 Å². The number of carbonyl (C=O) groups is 1. The first-order chi connectivity index (χ1) is 14.8. The second-order valence-corrected chi connectivity index (χ2v) is 7.95. The van der Waals surface area contributed by atoms with E-state index in [-0.39, 0.29) is 18.8 Å². The van der Waals surface area contributed by atoms with Crippen LogP contribution in [0.3, 0.4) is 0 Å². The summed E-state index contributed by atoms with van der Waals surface area (Å²) in [5.41, 5.74) is 0.622. The molecule has 158 valence electrons. The van der Waals surface area contributed by atoms with Gasteiger partial charge >= 0.3 is 0 Å². The van der Waals surface area contributed by atoms with Crippen molar-refractivity contribution in [2.75, 3.05) is 37.9 Å². The molecule has 1 aromatic carbocycles. The Hall–Kier alpha value is -3.03. The molecule has 8 nitrogen and oxygen atoms in total. The predicted molar refractivity (Wildman–Crippen MR) is 110 cm³/mol. The Morgan fingerprint density at radius 2 is 1.73 bits per heavy atom. The maximum absolute atomic E-state index is 12.8. The van der Waals surface area contributed by atoms with Crippen LogP contribution in [-0.2, 0) is 0 Å². The molecule has 1 aromatic heterocycles. The van der Waals surface area contributed by atoms with Crippen LogP contribution in [-0.4, -0.2) is 60.1 Å². The first kappa shape index (κ1) is 19.0. The highest BCUT2D eigenvalue weighted by Crippen LogP contribution is 2.33. The van der Waals surface area contributed by atoms with Gasteiger partial charge in [-0.15, -0.1) is 10.2 Å². The van der Waals surface area contributed by atoms with Gasteiger partial charge < -0.3 is 24.0 Å².